The summed E-state index contributed by atoms with van der Waals surface area (Å²) >= 11 is 5.93. The van der Waals surface area contributed by atoms with E-state index in [2.05, 4.69) is 0 Å². The molecule has 0 bridgehead atoms. The molecule has 18 heavy (non-hydrogen) atoms. The van der Waals surface area contributed by atoms with Crippen LogP contribution in [0, 0.1) is 0 Å². The lowest BCUT2D eigenvalue weighted by atomic mass is 10.2. The summed E-state index contributed by atoms with van der Waals surface area (Å²) < 4.78 is 10.7. The molecule has 0 aliphatic heterocycles. The zero-order valence-corrected chi connectivity index (χ0v) is 10.6. The van der Waals surface area contributed by atoms with Gasteiger partial charge in [0.05, 0.1) is 7.11 Å². The van der Waals surface area contributed by atoms with E-state index in [0.29, 0.717) is 16.5 Å². The van der Waals surface area contributed by atoms with Crippen molar-refractivity contribution in [3.05, 3.63) is 53.1 Å². The van der Waals surface area contributed by atoms with E-state index < -0.39 is 0 Å². The molecule has 2 aromatic carbocycles. The van der Waals surface area contributed by atoms with Crippen molar-refractivity contribution in [1.29, 1.82) is 0 Å². The van der Waals surface area contributed by atoms with Crippen LogP contribution in [0.5, 0.6) is 17.2 Å². The van der Waals surface area contributed by atoms with E-state index in [9.17, 15) is 5.11 Å². The molecule has 0 amide bonds. The van der Waals surface area contributed by atoms with Gasteiger partial charge in [0, 0.05) is 10.6 Å². The Morgan fingerprint density at radius 3 is 2.61 bits per heavy atom. The van der Waals surface area contributed by atoms with Gasteiger partial charge in [0.1, 0.15) is 12.4 Å². The average Bonchev–Trinajstić information content (AvgIpc) is 2.38. The van der Waals surface area contributed by atoms with Crippen LogP contribution >= 0.6 is 11.6 Å². The molecule has 0 saturated heterocycles. The topological polar surface area (TPSA) is 38.7 Å². The first-order valence-corrected chi connectivity index (χ1v) is 5.81. The van der Waals surface area contributed by atoms with Crippen molar-refractivity contribution in [1.82, 2.24) is 0 Å². The van der Waals surface area contributed by atoms with Crippen LogP contribution in [0.25, 0.3) is 0 Å². The number of benzene rings is 2. The van der Waals surface area contributed by atoms with E-state index in [-0.39, 0.29) is 12.4 Å². The van der Waals surface area contributed by atoms with E-state index >= 15 is 0 Å². The van der Waals surface area contributed by atoms with Crippen LogP contribution in [0.4, 0.5) is 0 Å². The fourth-order valence-corrected chi connectivity index (χ4v) is 1.79. The molecule has 0 aliphatic carbocycles. The number of hydrogen-bond donors (Lipinski definition) is 1. The standard InChI is InChI=1S/C14H13ClO3/c1-17-13-7-6-11(15)8-10(13)9-18-14-5-3-2-4-12(14)16/h2-8,16H,9H2,1H3. The fourth-order valence-electron chi connectivity index (χ4n) is 1.59. The Balaban J connectivity index is 2.15. The number of aromatic hydroxyl groups is 1. The number of methoxy groups -OCH3 is 1. The molecule has 0 spiro atoms. The largest absolute Gasteiger partial charge is 0.504 e. The molecule has 0 aliphatic rings. The Hall–Kier alpha value is -1.87. The van der Waals surface area contributed by atoms with Crippen molar-refractivity contribution in [2.24, 2.45) is 0 Å². The quantitative estimate of drug-likeness (QED) is 0.916. The van der Waals surface area contributed by atoms with Crippen LogP contribution in [-0.2, 0) is 6.61 Å². The predicted molar refractivity (Wildman–Crippen MR) is 70.4 cm³/mol. The van der Waals surface area contributed by atoms with Crippen LogP contribution in [0.2, 0.25) is 5.02 Å². The van der Waals surface area contributed by atoms with E-state index in [1.807, 2.05) is 0 Å². The van der Waals surface area contributed by atoms with Crippen LogP contribution in [0.15, 0.2) is 42.5 Å². The Kier molecular flexibility index (Phi) is 3.95. The van der Waals surface area contributed by atoms with Gasteiger partial charge in [0.2, 0.25) is 0 Å². The molecule has 0 atom stereocenters. The SMILES string of the molecule is COc1ccc(Cl)cc1COc1ccccc1O. The fraction of sp³-hybridized carbons (Fsp3) is 0.143. The second-order valence-electron chi connectivity index (χ2n) is 3.71. The first-order chi connectivity index (χ1) is 8.70. The molecule has 94 valence electrons. The number of phenolic OH excluding ortho intramolecular Hbond substituents is 1. The first-order valence-electron chi connectivity index (χ1n) is 5.44. The summed E-state index contributed by atoms with van der Waals surface area (Å²) in [7, 11) is 1.59. The highest BCUT2D eigenvalue weighted by Gasteiger charge is 2.06. The van der Waals surface area contributed by atoms with Crippen LogP contribution in [0.1, 0.15) is 5.56 Å². The zero-order chi connectivity index (χ0) is 13.0. The highest BCUT2D eigenvalue weighted by Crippen LogP contribution is 2.28. The second kappa shape index (κ2) is 5.65. The van der Waals surface area contributed by atoms with Gasteiger partial charge >= 0.3 is 0 Å². The highest BCUT2D eigenvalue weighted by atomic mass is 35.5. The maximum atomic E-state index is 9.59. The summed E-state index contributed by atoms with van der Waals surface area (Å²) in [5.74, 6) is 1.24. The Bertz CT molecular complexity index is 540. The molecule has 0 heterocycles. The van der Waals surface area contributed by atoms with Gasteiger partial charge in [0.25, 0.3) is 0 Å². The highest BCUT2D eigenvalue weighted by molar-refractivity contribution is 6.30. The molecule has 3 nitrogen and oxygen atoms in total. The third-order valence-corrected chi connectivity index (χ3v) is 2.73. The Morgan fingerprint density at radius 1 is 1.11 bits per heavy atom. The maximum absolute atomic E-state index is 9.59. The number of hydrogen-bond acceptors (Lipinski definition) is 3. The van der Waals surface area contributed by atoms with Crippen LogP contribution in [-0.4, -0.2) is 12.2 Å². The smallest absolute Gasteiger partial charge is 0.161 e. The lowest BCUT2D eigenvalue weighted by Gasteiger charge is -2.11. The molecule has 2 aromatic rings. The molecule has 0 saturated carbocycles. The number of phenols is 1. The Labute approximate surface area is 111 Å². The monoisotopic (exact) mass is 264 g/mol. The summed E-state index contributed by atoms with van der Waals surface area (Å²) in [5.41, 5.74) is 0.827. The minimum Gasteiger partial charge on any atom is -0.504 e. The second-order valence-corrected chi connectivity index (χ2v) is 4.15. The molecule has 2 rings (SSSR count). The van der Waals surface area contributed by atoms with Crippen molar-refractivity contribution >= 4 is 11.6 Å². The summed E-state index contributed by atoms with van der Waals surface area (Å²) in [4.78, 5) is 0. The van der Waals surface area contributed by atoms with Gasteiger partial charge < -0.3 is 14.6 Å². The lowest BCUT2D eigenvalue weighted by molar-refractivity contribution is 0.282. The first kappa shape index (κ1) is 12.6. The van der Waals surface area contributed by atoms with Gasteiger partial charge in [-0.1, -0.05) is 23.7 Å². The van der Waals surface area contributed by atoms with Gasteiger partial charge in [-0.15, -0.1) is 0 Å². The number of ether oxygens (including phenoxy) is 2. The van der Waals surface area contributed by atoms with Crippen molar-refractivity contribution in [2.75, 3.05) is 7.11 Å². The molecule has 0 radical (unpaired) electrons. The van der Waals surface area contributed by atoms with E-state index in [1.54, 1.807) is 49.6 Å². The molecular weight excluding hydrogens is 252 g/mol. The van der Waals surface area contributed by atoms with Crippen molar-refractivity contribution < 1.29 is 14.6 Å². The third kappa shape index (κ3) is 2.87. The minimum atomic E-state index is 0.110. The van der Waals surface area contributed by atoms with E-state index in [0.717, 1.165) is 5.56 Å². The van der Waals surface area contributed by atoms with Gasteiger partial charge in [-0.05, 0) is 30.3 Å². The summed E-state index contributed by atoms with van der Waals surface area (Å²) in [6.45, 7) is 0.279. The maximum Gasteiger partial charge on any atom is 0.161 e. The lowest BCUT2D eigenvalue weighted by Crippen LogP contribution is -1.98. The van der Waals surface area contributed by atoms with E-state index in [1.165, 1.54) is 0 Å². The number of para-hydroxylation sites is 2. The summed E-state index contributed by atoms with van der Waals surface area (Å²) in [5, 5.41) is 10.2. The average molecular weight is 265 g/mol. The van der Waals surface area contributed by atoms with Crippen molar-refractivity contribution in [3.63, 3.8) is 0 Å². The van der Waals surface area contributed by atoms with Gasteiger partial charge in [-0.2, -0.15) is 0 Å². The van der Waals surface area contributed by atoms with Crippen LogP contribution in [0.3, 0.4) is 0 Å². The van der Waals surface area contributed by atoms with Gasteiger partial charge in [-0.25, -0.2) is 0 Å². The number of halogens is 1. The molecule has 0 aromatic heterocycles. The molecule has 1 N–H and O–H groups in total. The Morgan fingerprint density at radius 2 is 1.89 bits per heavy atom. The summed E-state index contributed by atoms with van der Waals surface area (Å²) in [6, 6.07) is 12.1. The van der Waals surface area contributed by atoms with Crippen LogP contribution < -0.4 is 9.47 Å². The molecule has 0 fully saturated rings. The van der Waals surface area contributed by atoms with Crippen molar-refractivity contribution in [3.8, 4) is 17.2 Å². The third-order valence-electron chi connectivity index (χ3n) is 2.49. The van der Waals surface area contributed by atoms with Crippen molar-refractivity contribution in [2.45, 2.75) is 6.61 Å². The molecule has 4 heteroatoms. The van der Waals surface area contributed by atoms with Gasteiger partial charge in [-0.3, -0.25) is 0 Å². The predicted octanol–water partition coefficient (Wildman–Crippen LogP) is 3.63. The zero-order valence-electron chi connectivity index (χ0n) is 9.89. The number of rotatable bonds is 4. The molecular formula is C14H13ClO3. The summed E-state index contributed by atoms with van der Waals surface area (Å²) in [6.07, 6.45) is 0. The normalized spacial score (nSPS) is 10.1. The molecule has 0 unspecified atom stereocenters. The minimum absolute atomic E-state index is 0.110. The van der Waals surface area contributed by atoms with E-state index in [4.69, 9.17) is 21.1 Å². The van der Waals surface area contributed by atoms with Gasteiger partial charge in [0.15, 0.2) is 11.5 Å².